The fourth-order valence-electron chi connectivity index (χ4n) is 6.57. The molecule has 0 spiro atoms. The second-order valence-corrected chi connectivity index (χ2v) is 11.5. The number of nitrogens with zero attached hydrogens (tertiary/aromatic N) is 4. The normalized spacial score (nSPS) is 10.9. The van der Waals surface area contributed by atoms with E-state index < -0.39 is 0 Å². The molecule has 0 N–H and O–H groups in total. The van der Waals surface area contributed by atoms with Crippen molar-refractivity contribution >= 4 is 0 Å². The van der Waals surface area contributed by atoms with E-state index in [1.54, 1.807) is 24.8 Å². The highest BCUT2D eigenvalue weighted by atomic mass is 14.8. The number of hydrogen-bond donors (Lipinski definition) is 0. The molecule has 8 aromatic rings. The van der Waals surface area contributed by atoms with E-state index in [9.17, 15) is 0 Å². The summed E-state index contributed by atoms with van der Waals surface area (Å²) in [5.41, 5.74) is 15.2. The lowest BCUT2D eigenvalue weighted by molar-refractivity contribution is 1.21. The molecule has 0 amide bonds. The largest absolute Gasteiger partial charge is 0.261 e. The molecule has 2 heterocycles. The van der Waals surface area contributed by atoms with Gasteiger partial charge in [0.1, 0.15) is 0 Å². The van der Waals surface area contributed by atoms with Crippen LogP contribution in [0.25, 0.3) is 78.1 Å². The topological polar surface area (TPSA) is 51.6 Å². The van der Waals surface area contributed by atoms with Crippen LogP contribution in [0.15, 0.2) is 183 Å². The zero-order valence-corrected chi connectivity index (χ0v) is 26.1. The molecule has 0 aliphatic heterocycles. The van der Waals surface area contributed by atoms with Crippen molar-refractivity contribution in [1.82, 2.24) is 19.9 Å². The summed E-state index contributed by atoms with van der Waals surface area (Å²) in [5, 5.41) is 0. The maximum absolute atomic E-state index is 4.64. The summed E-state index contributed by atoms with van der Waals surface area (Å²) < 4.78 is 0. The van der Waals surface area contributed by atoms with Gasteiger partial charge in [-0.05, 0) is 55.6 Å². The van der Waals surface area contributed by atoms with E-state index >= 15 is 0 Å². The van der Waals surface area contributed by atoms with E-state index in [0.717, 1.165) is 78.1 Å². The molecule has 0 unspecified atom stereocenters. The maximum Gasteiger partial charge on any atom is 0.0891 e. The Kier molecular flexibility index (Phi) is 7.87. The van der Waals surface area contributed by atoms with Gasteiger partial charge in [-0.25, -0.2) is 0 Å². The SMILES string of the molecule is c1ccc(-c2ccccc2-c2ccccc2-c2ccccc2-c2ccccc2-c2ccccc2-c2cnccn2)c(-c2cnccn2)c1. The van der Waals surface area contributed by atoms with Crippen LogP contribution in [-0.4, -0.2) is 19.9 Å². The third kappa shape index (κ3) is 5.46. The summed E-state index contributed by atoms with van der Waals surface area (Å²) in [6.07, 6.45) is 10.6. The molecule has 0 atom stereocenters. The lowest BCUT2D eigenvalue weighted by atomic mass is 9.84. The van der Waals surface area contributed by atoms with E-state index in [-0.39, 0.29) is 0 Å². The summed E-state index contributed by atoms with van der Waals surface area (Å²) >= 11 is 0. The van der Waals surface area contributed by atoms with Crippen LogP contribution >= 0.6 is 0 Å². The van der Waals surface area contributed by atoms with Gasteiger partial charge in [-0.1, -0.05) is 146 Å². The molecule has 0 aliphatic rings. The van der Waals surface area contributed by atoms with Crippen LogP contribution in [0.3, 0.4) is 0 Å². The van der Waals surface area contributed by atoms with Crippen LogP contribution in [0.2, 0.25) is 0 Å². The number of hydrogen-bond acceptors (Lipinski definition) is 4. The molecule has 0 fully saturated rings. The Morgan fingerprint density at radius 1 is 0.229 bits per heavy atom. The van der Waals surface area contributed by atoms with Crippen molar-refractivity contribution in [3.05, 3.63) is 183 Å². The summed E-state index contributed by atoms with van der Waals surface area (Å²) in [7, 11) is 0. The van der Waals surface area contributed by atoms with Crippen LogP contribution in [0.4, 0.5) is 0 Å². The molecule has 4 heteroatoms. The Morgan fingerprint density at radius 3 is 0.646 bits per heavy atom. The van der Waals surface area contributed by atoms with E-state index in [1.165, 1.54) is 0 Å². The molecule has 2 aromatic heterocycles. The van der Waals surface area contributed by atoms with Gasteiger partial charge in [0.25, 0.3) is 0 Å². The van der Waals surface area contributed by atoms with Crippen LogP contribution in [-0.2, 0) is 0 Å². The zero-order chi connectivity index (χ0) is 32.1. The van der Waals surface area contributed by atoms with Crippen molar-refractivity contribution in [3.8, 4) is 78.1 Å². The summed E-state index contributed by atoms with van der Waals surface area (Å²) in [6.45, 7) is 0. The lowest BCUT2D eigenvalue weighted by Crippen LogP contribution is -1.94. The summed E-state index contributed by atoms with van der Waals surface area (Å²) in [4.78, 5) is 18.0. The second-order valence-electron chi connectivity index (χ2n) is 11.5. The highest BCUT2D eigenvalue weighted by Crippen LogP contribution is 2.45. The van der Waals surface area contributed by atoms with Crippen LogP contribution < -0.4 is 0 Å². The minimum absolute atomic E-state index is 0.847. The van der Waals surface area contributed by atoms with Crippen molar-refractivity contribution < 1.29 is 0 Å². The molecule has 6 aromatic carbocycles. The average Bonchev–Trinajstić information content (AvgIpc) is 3.18. The molecule has 4 nitrogen and oxygen atoms in total. The minimum Gasteiger partial charge on any atom is -0.261 e. The number of aromatic nitrogens is 4. The molecular formula is C44H30N4. The van der Waals surface area contributed by atoms with Gasteiger partial charge in [0.2, 0.25) is 0 Å². The van der Waals surface area contributed by atoms with E-state index in [0.29, 0.717) is 0 Å². The van der Waals surface area contributed by atoms with Gasteiger partial charge in [-0.15, -0.1) is 0 Å². The molecule has 0 radical (unpaired) electrons. The van der Waals surface area contributed by atoms with Crippen molar-refractivity contribution in [2.75, 3.05) is 0 Å². The van der Waals surface area contributed by atoms with E-state index in [2.05, 4.69) is 166 Å². The van der Waals surface area contributed by atoms with Crippen molar-refractivity contribution in [1.29, 1.82) is 0 Å². The van der Waals surface area contributed by atoms with Crippen molar-refractivity contribution in [2.24, 2.45) is 0 Å². The summed E-state index contributed by atoms with van der Waals surface area (Å²) in [5.74, 6) is 0. The third-order valence-corrected chi connectivity index (χ3v) is 8.69. The first-order valence-electron chi connectivity index (χ1n) is 16.0. The predicted molar refractivity (Wildman–Crippen MR) is 196 cm³/mol. The van der Waals surface area contributed by atoms with Gasteiger partial charge in [0.15, 0.2) is 0 Å². The fourth-order valence-corrected chi connectivity index (χ4v) is 6.57. The van der Waals surface area contributed by atoms with E-state index in [4.69, 9.17) is 0 Å². The number of benzene rings is 6. The Morgan fingerprint density at radius 2 is 0.438 bits per heavy atom. The van der Waals surface area contributed by atoms with Gasteiger partial charge in [-0.3, -0.25) is 19.9 Å². The fraction of sp³-hybridized carbons (Fsp3) is 0. The lowest BCUT2D eigenvalue weighted by Gasteiger charge is -2.20. The molecule has 48 heavy (non-hydrogen) atoms. The summed E-state index contributed by atoms with van der Waals surface area (Å²) in [6, 6.07) is 51.6. The van der Waals surface area contributed by atoms with Gasteiger partial charge in [0, 0.05) is 35.9 Å². The monoisotopic (exact) mass is 614 g/mol. The van der Waals surface area contributed by atoms with Crippen LogP contribution in [0, 0.1) is 0 Å². The highest BCUT2D eigenvalue weighted by Gasteiger charge is 2.19. The Hall–Kier alpha value is -6.52. The standard InChI is InChI=1S/C44H30N4/c1-3-15-33(35-17-5-7-19-37(35)39-21-9-11-23-41(39)43-29-45-25-27-47-43)31(13-1)32-14-2-4-16-34(32)36-18-6-8-20-38(36)40-22-10-12-24-42(40)44-30-46-26-28-48-44/h1-30H. The molecular weight excluding hydrogens is 585 g/mol. The third-order valence-electron chi connectivity index (χ3n) is 8.69. The van der Waals surface area contributed by atoms with Gasteiger partial charge in [0.05, 0.1) is 23.8 Å². The smallest absolute Gasteiger partial charge is 0.0891 e. The van der Waals surface area contributed by atoms with E-state index in [1.807, 2.05) is 12.4 Å². The quantitative estimate of drug-likeness (QED) is 0.179. The molecule has 0 bridgehead atoms. The average molecular weight is 615 g/mol. The minimum atomic E-state index is 0.847. The molecule has 0 saturated heterocycles. The molecule has 0 saturated carbocycles. The Labute approximate surface area is 280 Å². The van der Waals surface area contributed by atoms with Gasteiger partial charge in [-0.2, -0.15) is 0 Å². The van der Waals surface area contributed by atoms with Gasteiger partial charge < -0.3 is 0 Å². The van der Waals surface area contributed by atoms with Crippen molar-refractivity contribution in [3.63, 3.8) is 0 Å². The first-order chi connectivity index (χ1) is 23.9. The predicted octanol–water partition coefficient (Wildman–Crippen LogP) is 10.9. The Bertz CT molecular complexity index is 2180. The van der Waals surface area contributed by atoms with Gasteiger partial charge >= 0.3 is 0 Å². The number of rotatable bonds is 7. The maximum atomic E-state index is 4.64. The van der Waals surface area contributed by atoms with Crippen LogP contribution in [0.1, 0.15) is 0 Å². The first kappa shape index (κ1) is 28.9. The molecule has 8 rings (SSSR count). The van der Waals surface area contributed by atoms with Crippen LogP contribution in [0.5, 0.6) is 0 Å². The first-order valence-corrected chi connectivity index (χ1v) is 16.0. The Balaban J connectivity index is 1.31. The molecule has 226 valence electrons. The highest BCUT2D eigenvalue weighted by molar-refractivity contribution is 6.00. The second kappa shape index (κ2) is 13.1. The molecule has 0 aliphatic carbocycles. The van der Waals surface area contributed by atoms with Crippen molar-refractivity contribution in [2.45, 2.75) is 0 Å². The zero-order valence-electron chi connectivity index (χ0n) is 26.1.